The largest absolute Gasteiger partial charge is 0.310 e. The first-order valence-corrected chi connectivity index (χ1v) is 20.9. The summed E-state index contributed by atoms with van der Waals surface area (Å²) >= 11 is 0. The highest BCUT2D eigenvalue weighted by Gasteiger charge is 2.19. The summed E-state index contributed by atoms with van der Waals surface area (Å²) in [6.07, 6.45) is 0. The number of hydrogen-bond acceptors (Lipinski definition) is 1. The molecule has 10 aromatic carbocycles. The van der Waals surface area contributed by atoms with E-state index in [0.717, 1.165) is 22.7 Å². The van der Waals surface area contributed by atoms with E-state index in [-0.39, 0.29) is 0 Å². The molecule has 12 aromatic rings. The summed E-state index contributed by atoms with van der Waals surface area (Å²) < 4.78 is 4.82. The van der Waals surface area contributed by atoms with Crippen molar-refractivity contribution < 1.29 is 0 Å². The molecule has 0 aliphatic carbocycles. The highest BCUT2D eigenvalue weighted by Crippen LogP contribution is 2.42. The molecule has 0 N–H and O–H groups in total. The highest BCUT2D eigenvalue weighted by molar-refractivity contribution is 6.12. The summed E-state index contributed by atoms with van der Waals surface area (Å²) in [6.45, 7) is 0. The first kappa shape index (κ1) is 34.9. The molecule has 0 bridgehead atoms. The lowest BCUT2D eigenvalue weighted by Crippen LogP contribution is -2.10. The summed E-state index contributed by atoms with van der Waals surface area (Å²) in [7, 11) is 0. The second kappa shape index (κ2) is 14.3. The van der Waals surface area contributed by atoms with Crippen LogP contribution in [0.2, 0.25) is 0 Å². The van der Waals surface area contributed by atoms with Crippen LogP contribution in [0, 0.1) is 0 Å². The zero-order chi connectivity index (χ0) is 40.3. The van der Waals surface area contributed by atoms with E-state index in [1.54, 1.807) is 0 Å². The number of fused-ring (bicyclic) bond motifs is 7. The molecule has 2 heterocycles. The van der Waals surface area contributed by atoms with E-state index in [4.69, 9.17) is 0 Å². The van der Waals surface area contributed by atoms with Gasteiger partial charge in [-0.1, -0.05) is 158 Å². The van der Waals surface area contributed by atoms with Crippen molar-refractivity contribution in [2.24, 2.45) is 0 Å². The van der Waals surface area contributed by atoms with Gasteiger partial charge in [-0.05, 0) is 107 Å². The predicted molar refractivity (Wildman–Crippen MR) is 258 cm³/mol. The van der Waals surface area contributed by atoms with Gasteiger partial charge < -0.3 is 14.0 Å². The lowest BCUT2D eigenvalue weighted by atomic mass is 10.0. The van der Waals surface area contributed by atoms with Crippen LogP contribution in [0.15, 0.2) is 237 Å². The summed E-state index contributed by atoms with van der Waals surface area (Å²) in [6, 6.07) is 85.9. The normalized spacial score (nSPS) is 11.6. The molecule has 0 fully saturated rings. The fourth-order valence-corrected chi connectivity index (χ4v) is 9.45. The van der Waals surface area contributed by atoms with E-state index in [1.807, 2.05) is 0 Å². The third-order valence-corrected chi connectivity index (χ3v) is 12.3. The Balaban J connectivity index is 0.988. The van der Waals surface area contributed by atoms with Gasteiger partial charge in [-0.25, -0.2) is 0 Å². The quantitative estimate of drug-likeness (QED) is 0.157. The van der Waals surface area contributed by atoms with Crippen molar-refractivity contribution in [3.05, 3.63) is 237 Å². The first-order chi connectivity index (χ1) is 30.3. The smallest absolute Gasteiger partial charge is 0.0561 e. The molecule has 0 aliphatic heterocycles. The van der Waals surface area contributed by atoms with Gasteiger partial charge in [-0.2, -0.15) is 0 Å². The molecular formula is C58H39N3. The summed E-state index contributed by atoms with van der Waals surface area (Å²) in [5.41, 5.74) is 15.1. The minimum absolute atomic E-state index is 1.09. The van der Waals surface area contributed by atoms with Gasteiger partial charge in [-0.3, -0.25) is 0 Å². The molecule has 0 saturated carbocycles. The van der Waals surface area contributed by atoms with Crippen molar-refractivity contribution in [2.45, 2.75) is 0 Å². The monoisotopic (exact) mass is 777 g/mol. The Morgan fingerprint density at radius 2 is 0.754 bits per heavy atom. The van der Waals surface area contributed by atoms with E-state index < -0.39 is 0 Å². The maximum Gasteiger partial charge on any atom is 0.0561 e. The number of benzene rings is 10. The number of rotatable bonds is 7. The minimum atomic E-state index is 1.09. The van der Waals surface area contributed by atoms with Crippen molar-refractivity contribution in [2.75, 3.05) is 4.90 Å². The molecule has 0 aliphatic rings. The maximum absolute atomic E-state index is 2.43. The Kier molecular flexibility index (Phi) is 8.17. The Morgan fingerprint density at radius 3 is 1.48 bits per heavy atom. The van der Waals surface area contributed by atoms with Crippen molar-refractivity contribution in [1.82, 2.24) is 9.13 Å². The fraction of sp³-hybridized carbons (Fsp3) is 0. The van der Waals surface area contributed by atoms with Crippen LogP contribution in [-0.4, -0.2) is 9.13 Å². The summed E-state index contributed by atoms with van der Waals surface area (Å²) in [4.78, 5) is 2.38. The van der Waals surface area contributed by atoms with Crippen LogP contribution in [-0.2, 0) is 0 Å². The van der Waals surface area contributed by atoms with Crippen LogP contribution in [0.3, 0.4) is 0 Å². The molecule has 3 nitrogen and oxygen atoms in total. The number of para-hydroxylation sites is 3. The average molecular weight is 778 g/mol. The average Bonchev–Trinajstić information content (AvgIpc) is 3.84. The van der Waals surface area contributed by atoms with E-state index in [0.29, 0.717) is 0 Å². The van der Waals surface area contributed by atoms with Crippen LogP contribution >= 0.6 is 0 Å². The molecule has 286 valence electrons. The molecule has 0 radical (unpaired) electrons. The van der Waals surface area contributed by atoms with E-state index in [1.165, 1.54) is 82.3 Å². The Morgan fingerprint density at radius 1 is 0.262 bits per heavy atom. The fourth-order valence-electron chi connectivity index (χ4n) is 9.45. The molecule has 3 heteroatoms. The number of hydrogen-bond donors (Lipinski definition) is 0. The predicted octanol–water partition coefficient (Wildman–Crippen LogP) is 15.8. The van der Waals surface area contributed by atoms with Crippen molar-refractivity contribution >= 4 is 71.4 Å². The molecule has 0 spiro atoms. The van der Waals surface area contributed by atoms with Gasteiger partial charge in [0.15, 0.2) is 0 Å². The minimum Gasteiger partial charge on any atom is -0.310 e. The topological polar surface area (TPSA) is 13.1 Å². The van der Waals surface area contributed by atoms with Gasteiger partial charge in [0.2, 0.25) is 0 Å². The SMILES string of the molecule is c1ccc(-c2ccc(N(c3ccc(-c4ccc5c(c4)c4ccccc4n5-c4cccc5ccccc45)cc3)c3ccc4c5ccccc5n(-c5ccccc5)c4c3)cc2)cc1. The first-order valence-electron chi connectivity index (χ1n) is 20.9. The number of anilines is 3. The lowest BCUT2D eigenvalue weighted by Gasteiger charge is -2.26. The van der Waals surface area contributed by atoms with Crippen molar-refractivity contribution in [3.63, 3.8) is 0 Å². The van der Waals surface area contributed by atoms with Gasteiger partial charge in [0, 0.05) is 49.7 Å². The van der Waals surface area contributed by atoms with Crippen LogP contribution < -0.4 is 4.90 Å². The molecule has 61 heavy (non-hydrogen) atoms. The van der Waals surface area contributed by atoms with Crippen molar-refractivity contribution in [3.8, 4) is 33.6 Å². The standard InChI is InChI=1S/C58H39N3/c1-3-14-40(15-4-1)41-26-31-46(32-27-41)59(48-35-36-52-50-21-9-11-23-55(50)60(58(52)39-48)45-18-5-2-6-19-45)47-33-28-42(29-34-47)44-30-37-57-53(38-44)51-22-10-12-24-56(51)61(57)54-25-13-17-43-16-7-8-20-49(43)54/h1-39H. The van der Waals surface area contributed by atoms with Gasteiger partial charge in [-0.15, -0.1) is 0 Å². The van der Waals surface area contributed by atoms with E-state index in [2.05, 4.69) is 251 Å². The third-order valence-electron chi connectivity index (χ3n) is 12.3. The van der Waals surface area contributed by atoms with Crippen LogP contribution in [0.25, 0.3) is 88.0 Å². The van der Waals surface area contributed by atoms with Crippen LogP contribution in [0.1, 0.15) is 0 Å². The molecule has 0 unspecified atom stereocenters. The van der Waals surface area contributed by atoms with Gasteiger partial charge >= 0.3 is 0 Å². The van der Waals surface area contributed by atoms with E-state index in [9.17, 15) is 0 Å². The third kappa shape index (κ3) is 5.82. The lowest BCUT2D eigenvalue weighted by molar-refractivity contribution is 1.18. The van der Waals surface area contributed by atoms with Crippen LogP contribution in [0.5, 0.6) is 0 Å². The Labute approximate surface area is 354 Å². The number of nitrogens with zero attached hydrogens (tertiary/aromatic N) is 3. The second-order valence-electron chi connectivity index (χ2n) is 15.8. The molecule has 12 rings (SSSR count). The molecular weight excluding hydrogens is 739 g/mol. The molecule has 0 atom stereocenters. The number of aromatic nitrogens is 2. The molecule has 2 aromatic heterocycles. The summed E-state index contributed by atoms with van der Waals surface area (Å²) in [5, 5.41) is 7.45. The Hall–Kier alpha value is -8.14. The van der Waals surface area contributed by atoms with Gasteiger partial charge in [0.05, 0.1) is 27.8 Å². The van der Waals surface area contributed by atoms with Crippen molar-refractivity contribution in [1.29, 1.82) is 0 Å². The summed E-state index contributed by atoms with van der Waals surface area (Å²) in [5.74, 6) is 0. The molecule has 0 amide bonds. The van der Waals surface area contributed by atoms with Gasteiger partial charge in [0.25, 0.3) is 0 Å². The van der Waals surface area contributed by atoms with E-state index >= 15 is 0 Å². The van der Waals surface area contributed by atoms with Gasteiger partial charge in [0.1, 0.15) is 0 Å². The zero-order valence-electron chi connectivity index (χ0n) is 33.4. The maximum atomic E-state index is 2.43. The highest BCUT2D eigenvalue weighted by atomic mass is 15.1. The Bertz CT molecular complexity index is 3560. The molecule has 0 saturated heterocycles. The van der Waals surface area contributed by atoms with Crippen LogP contribution in [0.4, 0.5) is 17.1 Å². The zero-order valence-corrected chi connectivity index (χ0v) is 33.4. The second-order valence-corrected chi connectivity index (χ2v) is 15.8.